The third-order valence-electron chi connectivity index (χ3n) is 10.2. The van der Waals surface area contributed by atoms with Crippen LogP contribution in [0, 0.1) is 13.0 Å². The molecule has 4 heterocycles. The second-order valence-corrected chi connectivity index (χ2v) is 13.7. The predicted molar refractivity (Wildman–Crippen MR) is 210 cm³/mol. The number of imidazole rings is 1. The van der Waals surface area contributed by atoms with Crippen LogP contribution >= 0.6 is 0 Å². The van der Waals surface area contributed by atoms with Crippen molar-refractivity contribution in [1.82, 2.24) is 24.1 Å². The molecule has 0 fully saturated rings. The van der Waals surface area contributed by atoms with Crippen molar-refractivity contribution in [2.75, 3.05) is 0 Å². The summed E-state index contributed by atoms with van der Waals surface area (Å²) >= 11 is 0. The molecule has 10 rings (SSSR count). The van der Waals surface area contributed by atoms with Crippen molar-refractivity contribution in [2.24, 2.45) is 0 Å². The minimum Gasteiger partial charge on any atom is -0.656 e. The molecule has 252 valence electrons. The Labute approximate surface area is 315 Å². The summed E-state index contributed by atoms with van der Waals surface area (Å²) in [6.07, 6.45) is 1.85. The van der Waals surface area contributed by atoms with Crippen LogP contribution in [0.5, 0.6) is 0 Å². The number of nitrogens with zero attached hydrogens (tertiary/aromatic N) is 5. The molecule has 0 saturated carbocycles. The zero-order chi connectivity index (χ0) is 34.2. The van der Waals surface area contributed by atoms with Crippen molar-refractivity contribution in [1.29, 1.82) is 0 Å². The molecule has 6 heteroatoms. The molecule has 0 radical (unpaired) electrons. The van der Waals surface area contributed by atoms with Crippen molar-refractivity contribution in [3.05, 3.63) is 157 Å². The van der Waals surface area contributed by atoms with E-state index >= 15 is 0 Å². The van der Waals surface area contributed by atoms with Crippen molar-refractivity contribution < 1.29 is 21.1 Å². The number of rotatable bonds is 5. The molecule has 0 bridgehead atoms. The number of hydrogen-bond acceptors (Lipinski definition) is 2. The first kappa shape index (κ1) is 32.2. The van der Waals surface area contributed by atoms with Gasteiger partial charge in [0.1, 0.15) is 11.6 Å². The first-order chi connectivity index (χ1) is 25.0. The molecule has 4 aromatic heterocycles. The summed E-state index contributed by atoms with van der Waals surface area (Å²) in [7, 11) is 0. The van der Waals surface area contributed by atoms with E-state index in [1.807, 2.05) is 18.3 Å². The van der Waals surface area contributed by atoms with E-state index in [9.17, 15) is 0 Å². The summed E-state index contributed by atoms with van der Waals surface area (Å²) in [6.45, 7) is 6.61. The van der Waals surface area contributed by atoms with Gasteiger partial charge in [-0.15, -0.1) is 34.8 Å². The number of fused-ring (bicyclic) bond motifs is 7. The third kappa shape index (κ3) is 4.95. The van der Waals surface area contributed by atoms with Gasteiger partial charge in [-0.2, -0.15) is 0 Å². The SMILES string of the molecule is Cc1ccc2[n-]c3c(-c4nc5c(-c6[c-]c7c(cc6)c6cc(C(C)C)ccc6n7-c6ccccn6)cccc5n4-c4ccccc4)cccc3c2c1.[Pt+2]. The van der Waals surface area contributed by atoms with Gasteiger partial charge in [0.25, 0.3) is 0 Å². The molecule has 0 aliphatic heterocycles. The molecule has 0 unspecified atom stereocenters. The van der Waals surface area contributed by atoms with Crippen molar-refractivity contribution in [3.63, 3.8) is 0 Å². The zero-order valence-corrected chi connectivity index (χ0v) is 31.2. The molecular weight excluding hydrogens is 818 g/mol. The quantitative estimate of drug-likeness (QED) is 0.162. The van der Waals surface area contributed by atoms with Crippen LogP contribution < -0.4 is 4.98 Å². The molecule has 0 spiro atoms. The third-order valence-corrected chi connectivity index (χ3v) is 10.2. The monoisotopic (exact) mass is 850 g/mol. The summed E-state index contributed by atoms with van der Waals surface area (Å²) in [5.74, 6) is 2.16. The van der Waals surface area contributed by atoms with Gasteiger partial charge in [-0.05, 0) is 76.5 Å². The largest absolute Gasteiger partial charge is 2.00 e. The Kier molecular flexibility index (Phi) is 7.71. The van der Waals surface area contributed by atoms with Crippen LogP contribution in [0.1, 0.15) is 30.9 Å². The summed E-state index contributed by atoms with van der Waals surface area (Å²) < 4.78 is 4.51. The van der Waals surface area contributed by atoms with Gasteiger partial charge in [0, 0.05) is 23.0 Å². The van der Waals surface area contributed by atoms with Crippen LogP contribution in [0.25, 0.3) is 88.7 Å². The minimum absolute atomic E-state index is 0. The fourth-order valence-corrected chi connectivity index (χ4v) is 7.68. The van der Waals surface area contributed by atoms with Gasteiger partial charge in [-0.25, -0.2) is 9.97 Å². The smallest absolute Gasteiger partial charge is 0.656 e. The van der Waals surface area contributed by atoms with E-state index < -0.39 is 0 Å². The molecule has 10 aromatic rings. The predicted octanol–water partition coefficient (Wildman–Crippen LogP) is 11.3. The zero-order valence-electron chi connectivity index (χ0n) is 28.9. The molecule has 0 amide bonds. The van der Waals surface area contributed by atoms with Gasteiger partial charge >= 0.3 is 21.1 Å². The van der Waals surface area contributed by atoms with E-state index in [4.69, 9.17) is 15.0 Å². The van der Waals surface area contributed by atoms with Crippen LogP contribution in [0.3, 0.4) is 0 Å². The molecule has 0 atom stereocenters. The molecule has 6 aromatic carbocycles. The van der Waals surface area contributed by atoms with Crippen molar-refractivity contribution >= 4 is 54.6 Å². The standard InChI is InChI=1S/C46H33N5.Pt/c1-28(2)30-20-23-40-38(26-30)34-21-19-31(27-42(34)51(40)43-17-7-8-24-47-43)33-13-10-16-41-45(33)49-46(50(41)32-11-5-4-6-12-32)36-15-9-14-35-37-25-29(3)18-22-39(37)48-44(35)36;/h4-26,28H,1-3H3;/q-2;+2. The Morgan fingerprint density at radius 1 is 0.654 bits per heavy atom. The fourth-order valence-electron chi connectivity index (χ4n) is 7.68. The molecule has 5 nitrogen and oxygen atoms in total. The Bertz CT molecular complexity index is 2950. The number of aromatic nitrogens is 5. The van der Waals surface area contributed by atoms with Crippen molar-refractivity contribution in [2.45, 2.75) is 26.7 Å². The summed E-state index contributed by atoms with van der Waals surface area (Å²) in [5.41, 5.74) is 12.6. The van der Waals surface area contributed by atoms with E-state index in [0.29, 0.717) is 5.92 Å². The molecular formula is C46H33N5Pt. The Balaban J connectivity index is 0.00000360. The van der Waals surface area contributed by atoms with Gasteiger partial charge in [0.15, 0.2) is 0 Å². The maximum atomic E-state index is 5.49. The first-order valence-electron chi connectivity index (χ1n) is 17.5. The topological polar surface area (TPSA) is 49.7 Å². The van der Waals surface area contributed by atoms with E-state index in [1.54, 1.807) is 0 Å². The maximum absolute atomic E-state index is 5.49. The number of benzene rings is 6. The maximum Gasteiger partial charge on any atom is 2.00 e. The summed E-state index contributed by atoms with van der Waals surface area (Å²) in [6, 6.07) is 51.0. The van der Waals surface area contributed by atoms with Gasteiger partial charge in [0.2, 0.25) is 0 Å². The Morgan fingerprint density at radius 3 is 2.31 bits per heavy atom. The number of para-hydroxylation sites is 3. The van der Waals surface area contributed by atoms with Crippen LogP contribution in [-0.4, -0.2) is 19.1 Å². The first-order valence-corrected chi connectivity index (χ1v) is 17.5. The summed E-state index contributed by atoms with van der Waals surface area (Å²) in [4.78, 5) is 15.4. The van der Waals surface area contributed by atoms with Crippen LogP contribution in [0.15, 0.2) is 140 Å². The average Bonchev–Trinajstić information content (AvgIpc) is 3.84. The van der Waals surface area contributed by atoms with Gasteiger partial charge in [0.05, 0.1) is 11.0 Å². The molecule has 0 aliphatic rings. The number of hydrogen-bond donors (Lipinski definition) is 0. The number of aryl methyl sites for hydroxylation is 1. The van der Waals surface area contributed by atoms with Crippen LogP contribution in [-0.2, 0) is 21.1 Å². The molecule has 0 N–H and O–H groups in total. The Hall–Kier alpha value is -5.77. The second kappa shape index (κ2) is 12.5. The van der Waals surface area contributed by atoms with Gasteiger partial charge < -0.3 is 9.55 Å². The normalized spacial score (nSPS) is 11.8. The fraction of sp³-hybridized carbons (Fsp3) is 0.0870. The molecule has 0 aliphatic carbocycles. The van der Waals surface area contributed by atoms with Gasteiger partial charge in [-0.3, -0.25) is 4.57 Å². The number of pyridine rings is 1. The second-order valence-electron chi connectivity index (χ2n) is 13.7. The Morgan fingerprint density at radius 2 is 1.48 bits per heavy atom. The van der Waals surface area contributed by atoms with E-state index in [2.05, 4.69) is 157 Å². The average molecular weight is 851 g/mol. The van der Waals surface area contributed by atoms with Crippen LogP contribution in [0.2, 0.25) is 0 Å². The summed E-state index contributed by atoms with van der Waals surface area (Å²) in [5, 5.41) is 4.67. The van der Waals surface area contributed by atoms with E-state index in [1.165, 1.54) is 21.9 Å². The van der Waals surface area contributed by atoms with E-state index in [-0.39, 0.29) is 21.1 Å². The van der Waals surface area contributed by atoms with Crippen LogP contribution in [0.4, 0.5) is 0 Å². The van der Waals surface area contributed by atoms with E-state index in [0.717, 1.165) is 77.9 Å². The molecule has 0 saturated heterocycles. The van der Waals surface area contributed by atoms with Crippen molar-refractivity contribution in [3.8, 4) is 34.0 Å². The molecule has 52 heavy (non-hydrogen) atoms. The van der Waals surface area contributed by atoms with Gasteiger partial charge in [-0.1, -0.05) is 115 Å². The minimum atomic E-state index is 0.